The van der Waals surface area contributed by atoms with Crippen LogP contribution < -0.4 is 10.6 Å². The van der Waals surface area contributed by atoms with E-state index < -0.39 is 0 Å². The SMILES string of the molecule is CCCCC(CC)COCCCNC(=S)Nc1ccc(Br)cc1. The van der Waals surface area contributed by atoms with Crippen LogP contribution >= 0.6 is 28.1 Å². The molecular formula is C18H29BrN2OS. The van der Waals surface area contributed by atoms with Crippen molar-refractivity contribution < 1.29 is 4.74 Å². The summed E-state index contributed by atoms with van der Waals surface area (Å²) in [6, 6.07) is 7.95. The quantitative estimate of drug-likeness (QED) is 0.386. The van der Waals surface area contributed by atoms with E-state index in [0.29, 0.717) is 11.0 Å². The van der Waals surface area contributed by atoms with E-state index in [1.54, 1.807) is 0 Å². The van der Waals surface area contributed by atoms with Crippen molar-refractivity contribution in [1.82, 2.24) is 5.32 Å². The lowest BCUT2D eigenvalue weighted by atomic mass is 10.0. The van der Waals surface area contributed by atoms with E-state index in [2.05, 4.69) is 40.4 Å². The Kier molecular flexibility index (Phi) is 11.3. The van der Waals surface area contributed by atoms with E-state index >= 15 is 0 Å². The van der Waals surface area contributed by atoms with Crippen LogP contribution in [0.3, 0.4) is 0 Å². The van der Waals surface area contributed by atoms with Gasteiger partial charge in [-0.15, -0.1) is 0 Å². The molecule has 1 rings (SSSR count). The highest BCUT2D eigenvalue weighted by Crippen LogP contribution is 2.14. The zero-order valence-electron chi connectivity index (χ0n) is 14.2. The normalized spacial score (nSPS) is 12.0. The molecule has 0 saturated heterocycles. The summed E-state index contributed by atoms with van der Waals surface area (Å²) in [6.45, 7) is 6.99. The Morgan fingerprint density at radius 1 is 1.22 bits per heavy atom. The summed E-state index contributed by atoms with van der Waals surface area (Å²) < 4.78 is 6.85. The maximum absolute atomic E-state index is 5.79. The molecule has 2 N–H and O–H groups in total. The maximum atomic E-state index is 5.79. The van der Waals surface area contributed by atoms with Crippen molar-refractivity contribution in [2.75, 3.05) is 25.1 Å². The van der Waals surface area contributed by atoms with Gasteiger partial charge < -0.3 is 15.4 Å². The Morgan fingerprint density at radius 2 is 1.96 bits per heavy atom. The minimum atomic E-state index is 0.654. The molecule has 0 amide bonds. The van der Waals surface area contributed by atoms with Gasteiger partial charge in [-0.3, -0.25) is 0 Å². The summed E-state index contributed by atoms with van der Waals surface area (Å²) in [7, 11) is 0. The molecule has 5 heteroatoms. The fourth-order valence-corrected chi connectivity index (χ4v) is 2.72. The Labute approximate surface area is 154 Å². The second-order valence-corrected chi connectivity index (χ2v) is 7.06. The average Bonchev–Trinajstić information content (AvgIpc) is 2.55. The number of unbranched alkanes of at least 4 members (excludes halogenated alkanes) is 1. The van der Waals surface area contributed by atoms with Crippen molar-refractivity contribution in [3.05, 3.63) is 28.7 Å². The van der Waals surface area contributed by atoms with E-state index in [4.69, 9.17) is 17.0 Å². The van der Waals surface area contributed by atoms with Crippen molar-refractivity contribution in [3.8, 4) is 0 Å². The maximum Gasteiger partial charge on any atom is 0.170 e. The third-order valence-corrected chi connectivity index (χ3v) is 4.52. The molecular weight excluding hydrogens is 372 g/mol. The van der Waals surface area contributed by atoms with E-state index in [1.165, 1.54) is 25.7 Å². The standard InChI is InChI=1S/C18H29BrN2OS/c1-3-5-7-15(4-2)14-22-13-6-12-20-18(23)21-17-10-8-16(19)9-11-17/h8-11,15H,3-7,12-14H2,1-2H3,(H2,20,21,23). The van der Waals surface area contributed by atoms with Crippen molar-refractivity contribution in [2.45, 2.75) is 46.0 Å². The fraction of sp³-hybridized carbons (Fsp3) is 0.611. The Bertz CT molecular complexity index is 439. The topological polar surface area (TPSA) is 33.3 Å². The Morgan fingerprint density at radius 3 is 2.61 bits per heavy atom. The predicted molar refractivity (Wildman–Crippen MR) is 107 cm³/mol. The first-order chi connectivity index (χ1) is 11.2. The van der Waals surface area contributed by atoms with Gasteiger partial charge in [-0.05, 0) is 55.2 Å². The largest absolute Gasteiger partial charge is 0.381 e. The molecule has 0 radical (unpaired) electrons. The van der Waals surface area contributed by atoms with Crippen LogP contribution in [0.1, 0.15) is 46.0 Å². The number of hydrogen-bond acceptors (Lipinski definition) is 2. The lowest BCUT2D eigenvalue weighted by Gasteiger charge is -2.15. The molecule has 1 aromatic carbocycles. The number of halogens is 1. The zero-order valence-corrected chi connectivity index (χ0v) is 16.6. The van der Waals surface area contributed by atoms with E-state index in [0.717, 1.165) is 36.3 Å². The van der Waals surface area contributed by atoms with Crippen LogP contribution in [0.5, 0.6) is 0 Å². The zero-order chi connectivity index (χ0) is 16.9. The lowest BCUT2D eigenvalue weighted by Crippen LogP contribution is -2.29. The number of nitrogens with one attached hydrogen (secondary N) is 2. The summed E-state index contributed by atoms with van der Waals surface area (Å²) in [6.07, 6.45) is 6.03. The molecule has 0 aliphatic rings. The van der Waals surface area contributed by atoms with Crippen LogP contribution in [-0.4, -0.2) is 24.9 Å². The summed E-state index contributed by atoms with van der Waals surface area (Å²) in [5.74, 6) is 0.711. The van der Waals surface area contributed by atoms with E-state index in [9.17, 15) is 0 Å². The third kappa shape index (κ3) is 9.95. The molecule has 3 nitrogen and oxygen atoms in total. The highest BCUT2D eigenvalue weighted by Gasteiger charge is 2.05. The number of benzene rings is 1. The first-order valence-corrected chi connectivity index (χ1v) is 9.74. The highest BCUT2D eigenvalue weighted by molar-refractivity contribution is 9.10. The molecule has 0 aromatic heterocycles. The average molecular weight is 401 g/mol. The number of ether oxygens (including phenoxy) is 1. The van der Waals surface area contributed by atoms with Gasteiger partial charge in [0.05, 0.1) is 0 Å². The van der Waals surface area contributed by atoms with Gasteiger partial charge in [0.15, 0.2) is 5.11 Å². The second kappa shape index (κ2) is 12.7. The molecule has 1 unspecified atom stereocenters. The van der Waals surface area contributed by atoms with Crippen molar-refractivity contribution in [2.24, 2.45) is 5.92 Å². The van der Waals surface area contributed by atoms with Crippen LogP contribution in [-0.2, 0) is 4.74 Å². The van der Waals surface area contributed by atoms with Crippen molar-refractivity contribution >= 4 is 38.9 Å². The first kappa shape index (κ1) is 20.4. The minimum absolute atomic E-state index is 0.654. The molecule has 1 aromatic rings. The Balaban J connectivity index is 2.05. The van der Waals surface area contributed by atoms with Crippen LogP contribution in [0.25, 0.3) is 0 Å². The summed E-state index contributed by atoms with van der Waals surface area (Å²) in [5.41, 5.74) is 0.990. The smallest absolute Gasteiger partial charge is 0.170 e. The molecule has 23 heavy (non-hydrogen) atoms. The number of thiocarbonyl (C=S) groups is 1. The first-order valence-electron chi connectivity index (χ1n) is 8.53. The van der Waals surface area contributed by atoms with Gasteiger partial charge >= 0.3 is 0 Å². The molecule has 0 aliphatic heterocycles. The summed E-state index contributed by atoms with van der Waals surface area (Å²) in [4.78, 5) is 0. The van der Waals surface area contributed by atoms with Gasteiger partial charge in [-0.25, -0.2) is 0 Å². The van der Waals surface area contributed by atoms with Crippen LogP contribution in [0, 0.1) is 5.92 Å². The van der Waals surface area contributed by atoms with Gasteiger partial charge in [0.1, 0.15) is 0 Å². The van der Waals surface area contributed by atoms with Crippen LogP contribution in [0.4, 0.5) is 5.69 Å². The van der Waals surface area contributed by atoms with Crippen LogP contribution in [0.2, 0.25) is 0 Å². The molecule has 0 saturated carbocycles. The monoisotopic (exact) mass is 400 g/mol. The second-order valence-electron chi connectivity index (χ2n) is 5.73. The molecule has 1 atom stereocenters. The van der Waals surface area contributed by atoms with Crippen molar-refractivity contribution in [1.29, 1.82) is 0 Å². The fourth-order valence-electron chi connectivity index (χ4n) is 2.23. The molecule has 0 bridgehead atoms. The third-order valence-electron chi connectivity index (χ3n) is 3.75. The number of rotatable bonds is 11. The molecule has 0 fully saturated rings. The van der Waals surface area contributed by atoms with Gasteiger partial charge in [0, 0.05) is 29.9 Å². The van der Waals surface area contributed by atoms with E-state index in [-0.39, 0.29) is 0 Å². The molecule has 0 spiro atoms. The number of hydrogen-bond donors (Lipinski definition) is 2. The van der Waals surface area contributed by atoms with Gasteiger partial charge in [-0.1, -0.05) is 49.0 Å². The number of anilines is 1. The molecule has 0 aliphatic carbocycles. The predicted octanol–water partition coefficient (Wildman–Crippen LogP) is 5.36. The summed E-state index contributed by atoms with van der Waals surface area (Å²) >= 11 is 8.70. The van der Waals surface area contributed by atoms with E-state index in [1.807, 2.05) is 24.3 Å². The summed E-state index contributed by atoms with van der Waals surface area (Å²) in [5, 5.41) is 7.03. The van der Waals surface area contributed by atoms with Gasteiger partial charge in [-0.2, -0.15) is 0 Å². The van der Waals surface area contributed by atoms with Gasteiger partial charge in [0.25, 0.3) is 0 Å². The van der Waals surface area contributed by atoms with Crippen molar-refractivity contribution in [3.63, 3.8) is 0 Å². The minimum Gasteiger partial charge on any atom is -0.381 e. The Hall–Kier alpha value is -0.650. The highest BCUT2D eigenvalue weighted by atomic mass is 79.9. The molecule has 0 heterocycles. The van der Waals surface area contributed by atoms with Gasteiger partial charge in [0.2, 0.25) is 0 Å². The molecule has 130 valence electrons. The van der Waals surface area contributed by atoms with Crippen LogP contribution in [0.15, 0.2) is 28.7 Å². The lowest BCUT2D eigenvalue weighted by molar-refractivity contribution is 0.0928.